The van der Waals surface area contributed by atoms with E-state index in [0.717, 1.165) is 15.9 Å². The van der Waals surface area contributed by atoms with Crippen LogP contribution in [0.5, 0.6) is 5.75 Å². The first-order valence-corrected chi connectivity index (χ1v) is 4.92. The quantitative estimate of drug-likeness (QED) is 0.642. The Kier molecular flexibility index (Phi) is 6.49. The van der Waals surface area contributed by atoms with Gasteiger partial charge in [0.25, 0.3) is 0 Å². The molecule has 1 aromatic heterocycles. The summed E-state index contributed by atoms with van der Waals surface area (Å²) < 4.78 is 0.998. The van der Waals surface area contributed by atoms with Gasteiger partial charge in [-0.15, -0.1) is 12.4 Å². The van der Waals surface area contributed by atoms with E-state index >= 15 is 0 Å². The lowest BCUT2D eigenvalue weighted by Crippen LogP contribution is -2.27. The topological polar surface area (TPSA) is 75.8 Å². The van der Waals surface area contributed by atoms with E-state index < -0.39 is 0 Å². The fourth-order valence-electron chi connectivity index (χ4n) is 1.32. The molecule has 0 aliphatic carbocycles. The van der Waals surface area contributed by atoms with Crippen molar-refractivity contribution in [3.05, 3.63) is 59.9 Å². The van der Waals surface area contributed by atoms with Crippen LogP contribution in [0.25, 0.3) is 12.2 Å². The molecule has 0 saturated carbocycles. The molecule has 0 atom stereocenters. The predicted molar refractivity (Wildman–Crippen MR) is 71.7 cm³/mol. The highest BCUT2D eigenvalue weighted by Gasteiger charge is 1.94. The van der Waals surface area contributed by atoms with Crippen molar-refractivity contribution >= 4 is 24.6 Å². The van der Waals surface area contributed by atoms with Crippen molar-refractivity contribution in [2.45, 2.75) is 0 Å². The summed E-state index contributed by atoms with van der Waals surface area (Å²) in [4.78, 5) is 0. The summed E-state index contributed by atoms with van der Waals surface area (Å²) in [5.74, 6) is 0.262. The van der Waals surface area contributed by atoms with Gasteiger partial charge in [-0.25, -0.2) is 0 Å². The second-order valence-corrected chi connectivity index (χ2v) is 3.44. The third-order valence-corrected chi connectivity index (χ3v) is 2.20. The number of benzene rings is 1. The zero-order valence-electron chi connectivity index (χ0n) is 9.52. The number of rotatable bonds is 2. The van der Waals surface area contributed by atoms with Crippen LogP contribution in [0.15, 0.2) is 48.8 Å². The van der Waals surface area contributed by atoms with E-state index in [-0.39, 0.29) is 23.6 Å². The minimum Gasteiger partial charge on any atom is -0.508 e. The molecule has 5 heteroatoms. The summed E-state index contributed by atoms with van der Waals surface area (Å²) in [5.41, 5.74) is 2.01. The highest BCUT2D eigenvalue weighted by Crippen LogP contribution is 2.12. The van der Waals surface area contributed by atoms with E-state index in [4.69, 9.17) is 10.3 Å². The Balaban J connectivity index is 0.00000144. The Morgan fingerprint density at radius 1 is 0.833 bits per heavy atom. The van der Waals surface area contributed by atoms with E-state index in [2.05, 4.69) is 0 Å². The normalized spacial score (nSPS) is 9.56. The van der Waals surface area contributed by atoms with Gasteiger partial charge in [-0.2, -0.15) is 0 Å². The zero-order chi connectivity index (χ0) is 11.4. The summed E-state index contributed by atoms with van der Waals surface area (Å²) in [6.07, 6.45) is 7.01. The summed E-state index contributed by atoms with van der Waals surface area (Å²) in [6.45, 7) is 0. The molecular formula is C13H15ClNO3+. The maximum Gasteiger partial charge on any atom is 0.222 e. The molecule has 0 amide bonds. The van der Waals surface area contributed by atoms with Gasteiger partial charge < -0.3 is 10.6 Å². The van der Waals surface area contributed by atoms with Crippen LogP contribution in [0, 0.1) is 0 Å². The molecule has 0 aliphatic rings. The second-order valence-electron chi connectivity index (χ2n) is 3.44. The number of nitrogens with zero attached hydrogens (tertiary/aromatic N) is 1. The van der Waals surface area contributed by atoms with Crippen LogP contribution in [0.1, 0.15) is 11.1 Å². The first kappa shape index (κ1) is 16.0. The molecule has 2 aromatic rings. The number of hydrogen-bond donors (Lipinski definition) is 2. The van der Waals surface area contributed by atoms with Crippen molar-refractivity contribution in [1.29, 1.82) is 0 Å². The van der Waals surface area contributed by atoms with E-state index in [9.17, 15) is 0 Å². The van der Waals surface area contributed by atoms with E-state index in [1.54, 1.807) is 36.7 Å². The molecular weight excluding hydrogens is 254 g/mol. The summed E-state index contributed by atoms with van der Waals surface area (Å²) >= 11 is 0. The van der Waals surface area contributed by atoms with Gasteiger partial charge in [-0.3, -0.25) is 5.21 Å². The van der Waals surface area contributed by atoms with E-state index in [1.165, 1.54) is 0 Å². The first-order valence-electron chi connectivity index (χ1n) is 4.92. The van der Waals surface area contributed by atoms with E-state index in [1.807, 2.05) is 24.3 Å². The Morgan fingerprint density at radius 3 is 1.78 bits per heavy atom. The van der Waals surface area contributed by atoms with Gasteiger partial charge >= 0.3 is 0 Å². The van der Waals surface area contributed by atoms with Crippen LogP contribution in [0.3, 0.4) is 0 Å². The van der Waals surface area contributed by atoms with Gasteiger partial charge in [0, 0.05) is 16.9 Å². The molecule has 0 spiro atoms. The lowest BCUT2D eigenvalue weighted by Gasteiger charge is -1.94. The molecule has 4 nitrogen and oxygen atoms in total. The Hall–Kier alpha value is -2.04. The number of phenolic OH excluding ortho intramolecular Hbond substituents is 1. The smallest absolute Gasteiger partial charge is 0.222 e. The molecule has 1 aromatic carbocycles. The SMILES string of the molecule is Cl.O.Oc1ccc(/C=C/c2cc[n+](O)cc2)cc1. The molecule has 4 N–H and O–H groups in total. The number of halogens is 1. The number of pyridine rings is 1. The fourth-order valence-corrected chi connectivity index (χ4v) is 1.32. The van der Waals surface area contributed by atoms with Gasteiger partial charge in [-0.05, 0) is 23.3 Å². The van der Waals surface area contributed by atoms with Gasteiger partial charge in [0.05, 0.1) is 0 Å². The van der Waals surface area contributed by atoms with Crippen molar-refractivity contribution < 1.29 is 20.5 Å². The minimum absolute atomic E-state index is 0. The number of aromatic nitrogens is 1. The van der Waals surface area contributed by atoms with Crippen molar-refractivity contribution in [3.63, 3.8) is 0 Å². The molecule has 96 valence electrons. The molecule has 0 saturated heterocycles. The van der Waals surface area contributed by atoms with Crippen LogP contribution in [-0.2, 0) is 0 Å². The van der Waals surface area contributed by atoms with Crippen LogP contribution in [-0.4, -0.2) is 15.8 Å². The summed E-state index contributed by atoms with van der Waals surface area (Å²) in [7, 11) is 0. The van der Waals surface area contributed by atoms with Gasteiger partial charge in [0.2, 0.25) is 12.4 Å². The van der Waals surface area contributed by atoms with Gasteiger partial charge in [0.15, 0.2) is 0 Å². The molecule has 1 heterocycles. The van der Waals surface area contributed by atoms with Crippen molar-refractivity contribution in [2.24, 2.45) is 0 Å². The molecule has 2 rings (SSSR count). The largest absolute Gasteiger partial charge is 0.508 e. The fraction of sp³-hybridized carbons (Fsp3) is 0. The lowest BCUT2D eigenvalue weighted by molar-refractivity contribution is -0.904. The average molecular weight is 269 g/mol. The summed E-state index contributed by atoms with van der Waals surface area (Å²) in [5, 5.41) is 18.2. The van der Waals surface area contributed by atoms with Gasteiger partial charge in [-0.1, -0.05) is 24.3 Å². The van der Waals surface area contributed by atoms with Crippen molar-refractivity contribution in [3.8, 4) is 5.75 Å². The van der Waals surface area contributed by atoms with E-state index in [0.29, 0.717) is 0 Å². The van der Waals surface area contributed by atoms with Crippen molar-refractivity contribution in [2.75, 3.05) is 0 Å². The van der Waals surface area contributed by atoms with Crippen LogP contribution in [0.2, 0.25) is 0 Å². The maximum atomic E-state index is 9.12. The monoisotopic (exact) mass is 268 g/mol. The predicted octanol–water partition coefficient (Wildman–Crippen LogP) is 1.68. The third kappa shape index (κ3) is 4.45. The molecule has 0 aliphatic heterocycles. The molecule has 0 radical (unpaired) electrons. The number of hydrogen-bond acceptors (Lipinski definition) is 2. The van der Waals surface area contributed by atoms with Gasteiger partial charge in [0.1, 0.15) is 5.75 Å². The highest BCUT2D eigenvalue weighted by molar-refractivity contribution is 5.85. The summed E-state index contributed by atoms with van der Waals surface area (Å²) in [6, 6.07) is 10.6. The average Bonchev–Trinajstić information content (AvgIpc) is 2.30. The first-order chi connectivity index (χ1) is 7.74. The molecule has 0 unspecified atom stereocenters. The van der Waals surface area contributed by atoms with Crippen LogP contribution in [0.4, 0.5) is 0 Å². The van der Waals surface area contributed by atoms with Crippen molar-refractivity contribution in [1.82, 2.24) is 0 Å². The standard InChI is InChI=1S/C13H11NO2.ClH.H2O/c15-13-5-3-11(4-6-13)1-2-12-7-9-14(16)10-8-12;;/h1-10,16H;1H;1H2/p+1. The molecule has 18 heavy (non-hydrogen) atoms. The lowest BCUT2D eigenvalue weighted by atomic mass is 10.1. The number of phenols is 1. The molecule has 0 bridgehead atoms. The van der Waals surface area contributed by atoms with Crippen LogP contribution >= 0.6 is 12.4 Å². The second kappa shape index (κ2) is 7.32. The minimum atomic E-state index is 0. The Morgan fingerprint density at radius 2 is 1.28 bits per heavy atom. The third-order valence-electron chi connectivity index (χ3n) is 2.20. The highest BCUT2D eigenvalue weighted by atomic mass is 35.5. The maximum absolute atomic E-state index is 9.12. The number of aromatic hydroxyl groups is 1. The molecule has 0 fully saturated rings. The van der Waals surface area contributed by atoms with Crippen LogP contribution < -0.4 is 4.73 Å². The Labute approximate surface area is 111 Å². The Bertz CT molecular complexity index is 447. The zero-order valence-corrected chi connectivity index (χ0v) is 10.3.